The molecular weight excluding hydrogens is 212 g/mol. The number of hydrogen-bond donors (Lipinski definition) is 1. The Bertz CT molecular complexity index is 331. The van der Waals surface area contributed by atoms with Gasteiger partial charge in [0.25, 0.3) is 0 Å². The zero-order valence-electron chi connectivity index (χ0n) is 11.0. The summed E-state index contributed by atoms with van der Waals surface area (Å²) in [6.45, 7) is 6.32. The molecule has 1 N–H and O–H groups in total. The first-order valence-electron chi connectivity index (χ1n) is 6.73. The molecule has 0 unspecified atom stereocenters. The van der Waals surface area contributed by atoms with E-state index in [4.69, 9.17) is 4.42 Å². The number of nitrogens with one attached hydrogen (secondary N) is 1. The predicted octanol–water partition coefficient (Wildman–Crippen LogP) is 2.62. The van der Waals surface area contributed by atoms with Crippen LogP contribution >= 0.6 is 0 Å². The van der Waals surface area contributed by atoms with Crippen LogP contribution in [-0.4, -0.2) is 25.0 Å². The van der Waals surface area contributed by atoms with Crippen molar-refractivity contribution in [1.82, 2.24) is 10.2 Å². The van der Waals surface area contributed by atoms with Crippen LogP contribution in [0.3, 0.4) is 0 Å². The standard InChI is InChI=1S/C14H24N2O/c1-3-6-15-8-13-7-14(17-11-13)10-16(2)9-12-4-5-12/h7,11-12,15H,3-6,8-10H2,1-2H3. The van der Waals surface area contributed by atoms with Crippen molar-refractivity contribution in [2.75, 3.05) is 20.1 Å². The van der Waals surface area contributed by atoms with Gasteiger partial charge in [-0.1, -0.05) is 6.92 Å². The van der Waals surface area contributed by atoms with Gasteiger partial charge in [0.05, 0.1) is 12.8 Å². The van der Waals surface area contributed by atoms with Gasteiger partial charge in [-0.05, 0) is 44.8 Å². The SMILES string of the molecule is CCCNCc1coc(CN(C)CC2CC2)c1. The van der Waals surface area contributed by atoms with E-state index in [1.54, 1.807) is 0 Å². The molecule has 0 bridgehead atoms. The fourth-order valence-electron chi connectivity index (χ4n) is 2.08. The van der Waals surface area contributed by atoms with Gasteiger partial charge < -0.3 is 9.73 Å². The summed E-state index contributed by atoms with van der Waals surface area (Å²) in [6, 6.07) is 2.17. The van der Waals surface area contributed by atoms with Crippen LogP contribution < -0.4 is 5.32 Å². The van der Waals surface area contributed by atoms with E-state index in [0.29, 0.717) is 0 Å². The molecule has 0 amide bonds. The predicted molar refractivity (Wildman–Crippen MR) is 69.8 cm³/mol. The third kappa shape index (κ3) is 4.52. The second-order valence-electron chi connectivity index (χ2n) is 5.24. The Hall–Kier alpha value is -0.800. The van der Waals surface area contributed by atoms with E-state index >= 15 is 0 Å². The highest BCUT2D eigenvalue weighted by molar-refractivity contribution is 5.12. The summed E-state index contributed by atoms with van der Waals surface area (Å²) >= 11 is 0. The van der Waals surface area contributed by atoms with Crippen molar-refractivity contribution in [1.29, 1.82) is 0 Å². The lowest BCUT2D eigenvalue weighted by Gasteiger charge is -2.13. The molecule has 3 heteroatoms. The first-order valence-corrected chi connectivity index (χ1v) is 6.73. The van der Waals surface area contributed by atoms with Gasteiger partial charge in [0.1, 0.15) is 5.76 Å². The van der Waals surface area contributed by atoms with Gasteiger partial charge >= 0.3 is 0 Å². The molecule has 1 heterocycles. The molecule has 1 saturated carbocycles. The van der Waals surface area contributed by atoms with E-state index < -0.39 is 0 Å². The molecule has 2 rings (SSSR count). The van der Waals surface area contributed by atoms with Crippen molar-refractivity contribution in [3.63, 3.8) is 0 Å². The van der Waals surface area contributed by atoms with Gasteiger partial charge in [-0.25, -0.2) is 0 Å². The first-order chi connectivity index (χ1) is 8.28. The average molecular weight is 236 g/mol. The highest BCUT2D eigenvalue weighted by atomic mass is 16.3. The summed E-state index contributed by atoms with van der Waals surface area (Å²) in [6.07, 6.45) is 5.88. The Kier molecular flexibility index (Phi) is 4.63. The van der Waals surface area contributed by atoms with E-state index in [1.807, 2.05) is 6.26 Å². The zero-order chi connectivity index (χ0) is 12.1. The Balaban J connectivity index is 1.72. The minimum absolute atomic E-state index is 0.920. The van der Waals surface area contributed by atoms with E-state index in [0.717, 1.165) is 31.3 Å². The van der Waals surface area contributed by atoms with Crippen LogP contribution in [0.15, 0.2) is 16.7 Å². The fourth-order valence-corrected chi connectivity index (χ4v) is 2.08. The molecule has 3 nitrogen and oxygen atoms in total. The lowest BCUT2D eigenvalue weighted by atomic mass is 10.3. The topological polar surface area (TPSA) is 28.4 Å². The van der Waals surface area contributed by atoms with Crippen molar-refractivity contribution >= 4 is 0 Å². The largest absolute Gasteiger partial charge is 0.468 e. The third-order valence-corrected chi connectivity index (χ3v) is 3.16. The van der Waals surface area contributed by atoms with Crippen LogP contribution in [0, 0.1) is 5.92 Å². The molecule has 17 heavy (non-hydrogen) atoms. The molecular formula is C14H24N2O. The monoisotopic (exact) mass is 236 g/mol. The van der Waals surface area contributed by atoms with Crippen LogP contribution in [0.25, 0.3) is 0 Å². The van der Waals surface area contributed by atoms with Gasteiger partial charge in [0.2, 0.25) is 0 Å². The molecule has 0 aliphatic heterocycles. The highest BCUT2D eigenvalue weighted by Crippen LogP contribution is 2.29. The summed E-state index contributed by atoms with van der Waals surface area (Å²) in [7, 11) is 2.18. The number of hydrogen-bond acceptors (Lipinski definition) is 3. The second-order valence-corrected chi connectivity index (χ2v) is 5.24. The molecule has 1 aliphatic rings. The molecule has 1 aromatic rings. The van der Waals surface area contributed by atoms with Crippen molar-refractivity contribution in [3.8, 4) is 0 Å². The highest BCUT2D eigenvalue weighted by Gasteiger charge is 2.22. The van der Waals surface area contributed by atoms with Gasteiger partial charge in [-0.3, -0.25) is 4.90 Å². The van der Waals surface area contributed by atoms with Crippen LogP contribution in [0.5, 0.6) is 0 Å². The van der Waals surface area contributed by atoms with E-state index in [-0.39, 0.29) is 0 Å². The zero-order valence-corrected chi connectivity index (χ0v) is 11.0. The lowest BCUT2D eigenvalue weighted by Crippen LogP contribution is -2.20. The third-order valence-electron chi connectivity index (χ3n) is 3.16. The molecule has 96 valence electrons. The van der Waals surface area contributed by atoms with Crippen LogP contribution in [-0.2, 0) is 13.1 Å². The second kappa shape index (κ2) is 6.22. The lowest BCUT2D eigenvalue weighted by molar-refractivity contribution is 0.284. The number of nitrogens with zero attached hydrogens (tertiary/aromatic N) is 1. The van der Waals surface area contributed by atoms with Gasteiger partial charge in [-0.2, -0.15) is 0 Å². The van der Waals surface area contributed by atoms with E-state index in [9.17, 15) is 0 Å². The van der Waals surface area contributed by atoms with Crippen molar-refractivity contribution in [2.24, 2.45) is 5.92 Å². The molecule has 0 aromatic carbocycles. The normalized spacial score (nSPS) is 15.7. The Labute approximate surface area is 104 Å². The molecule has 0 atom stereocenters. The quantitative estimate of drug-likeness (QED) is 0.703. The smallest absolute Gasteiger partial charge is 0.118 e. The summed E-state index contributed by atoms with van der Waals surface area (Å²) in [4.78, 5) is 2.36. The van der Waals surface area contributed by atoms with Gasteiger partial charge in [0, 0.05) is 18.7 Å². The van der Waals surface area contributed by atoms with Gasteiger partial charge in [-0.15, -0.1) is 0 Å². The van der Waals surface area contributed by atoms with Crippen LogP contribution in [0.4, 0.5) is 0 Å². The minimum Gasteiger partial charge on any atom is -0.468 e. The van der Waals surface area contributed by atoms with Gasteiger partial charge in [0.15, 0.2) is 0 Å². The van der Waals surface area contributed by atoms with Crippen molar-refractivity contribution < 1.29 is 4.42 Å². The maximum atomic E-state index is 5.59. The summed E-state index contributed by atoms with van der Waals surface area (Å²) < 4.78 is 5.59. The summed E-state index contributed by atoms with van der Waals surface area (Å²) in [5, 5.41) is 3.39. The summed E-state index contributed by atoms with van der Waals surface area (Å²) in [5.74, 6) is 2.03. The average Bonchev–Trinajstić information content (AvgIpc) is 2.99. The van der Waals surface area contributed by atoms with Crippen molar-refractivity contribution in [3.05, 3.63) is 23.7 Å². The maximum Gasteiger partial charge on any atom is 0.118 e. The fraction of sp³-hybridized carbons (Fsp3) is 0.714. The number of rotatable bonds is 8. The Morgan fingerprint density at radius 3 is 3.00 bits per heavy atom. The first kappa shape index (κ1) is 12.7. The van der Waals surface area contributed by atoms with Crippen LogP contribution in [0.2, 0.25) is 0 Å². The molecule has 0 radical (unpaired) electrons. The minimum atomic E-state index is 0.920. The maximum absolute atomic E-state index is 5.59. The van der Waals surface area contributed by atoms with E-state index in [1.165, 1.54) is 31.4 Å². The molecule has 0 saturated heterocycles. The Morgan fingerprint density at radius 1 is 1.47 bits per heavy atom. The molecule has 1 fully saturated rings. The van der Waals surface area contributed by atoms with Crippen molar-refractivity contribution in [2.45, 2.75) is 39.3 Å². The molecule has 0 spiro atoms. The molecule has 1 aromatic heterocycles. The van der Waals surface area contributed by atoms with Crippen LogP contribution in [0.1, 0.15) is 37.5 Å². The molecule has 1 aliphatic carbocycles. The van der Waals surface area contributed by atoms with E-state index in [2.05, 4.69) is 30.3 Å². The number of furan rings is 1. The summed E-state index contributed by atoms with van der Waals surface area (Å²) in [5.41, 5.74) is 1.26. The Morgan fingerprint density at radius 2 is 2.29 bits per heavy atom.